The van der Waals surface area contributed by atoms with Crippen molar-refractivity contribution < 1.29 is 23.5 Å². The van der Waals surface area contributed by atoms with Gasteiger partial charge in [0, 0.05) is 37.1 Å². The SMILES string of the molecule is COc1ccc(C2=NN(C(=O)CN(C)C(=O)CC(C)(C)C)[C@H](c3ccccc3F)C2)c(OC)c1. The fraction of sp³-hybridized carbons (Fsp3) is 0.423. The van der Waals surface area contributed by atoms with E-state index in [1.165, 1.54) is 16.0 Å². The number of likely N-dealkylation sites (N-methyl/N-ethyl adjacent to an activating group) is 1. The normalized spacial score (nSPS) is 15.7. The summed E-state index contributed by atoms with van der Waals surface area (Å²) in [7, 11) is 4.70. The van der Waals surface area contributed by atoms with Crippen LogP contribution in [0.25, 0.3) is 0 Å². The number of carbonyl (C=O) groups is 2. The van der Waals surface area contributed by atoms with Crippen molar-refractivity contribution in [3.8, 4) is 11.5 Å². The van der Waals surface area contributed by atoms with Gasteiger partial charge in [0.15, 0.2) is 0 Å². The number of rotatable bonds is 7. The van der Waals surface area contributed by atoms with Crippen LogP contribution in [0.5, 0.6) is 11.5 Å². The predicted octanol–water partition coefficient (Wildman–Crippen LogP) is 4.42. The number of hydrogen-bond donors (Lipinski definition) is 0. The van der Waals surface area contributed by atoms with Gasteiger partial charge < -0.3 is 14.4 Å². The lowest BCUT2D eigenvalue weighted by molar-refractivity contribution is -0.141. The molecule has 0 saturated heterocycles. The first-order valence-electron chi connectivity index (χ1n) is 11.1. The van der Waals surface area contributed by atoms with E-state index in [4.69, 9.17) is 9.47 Å². The average Bonchev–Trinajstić information content (AvgIpc) is 3.22. The van der Waals surface area contributed by atoms with E-state index in [2.05, 4.69) is 5.10 Å². The lowest BCUT2D eigenvalue weighted by Gasteiger charge is -2.26. The lowest BCUT2D eigenvalue weighted by Crippen LogP contribution is -2.40. The molecule has 0 aromatic heterocycles. The van der Waals surface area contributed by atoms with Crippen LogP contribution in [0.15, 0.2) is 47.6 Å². The van der Waals surface area contributed by atoms with E-state index in [1.807, 2.05) is 26.8 Å². The van der Waals surface area contributed by atoms with Gasteiger partial charge in [-0.15, -0.1) is 0 Å². The maximum absolute atomic E-state index is 14.7. The van der Waals surface area contributed by atoms with E-state index in [1.54, 1.807) is 51.6 Å². The highest BCUT2D eigenvalue weighted by molar-refractivity contribution is 6.05. The van der Waals surface area contributed by atoms with E-state index in [0.717, 1.165) is 0 Å². The van der Waals surface area contributed by atoms with Gasteiger partial charge in [-0.2, -0.15) is 5.10 Å². The molecule has 2 aromatic rings. The van der Waals surface area contributed by atoms with E-state index in [-0.39, 0.29) is 23.8 Å². The molecule has 0 radical (unpaired) electrons. The Bertz CT molecular complexity index is 1090. The van der Waals surface area contributed by atoms with Crippen LogP contribution < -0.4 is 9.47 Å². The Labute approximate surface area is 200 Å². The van der Waals surface area contributed by atoms with Gasteiger partial charge in [-0.3, -0.25) is 9.59 Å². The molecule has 7 nitrogen and oxygen atoms in total. The van der Waals surface area contributed by atoms with Gasteiger partial charge >= 0.3 is 0 Å². The van der Waals surface area contributed by atoms with Gasteiger partial charge in [0.25, 0.3) is 5.91 Å². The van der Waals surface area contributed by atoms with Crippen molar-refractivity contribution >= 4 is 17.5 Å². The molecule has 3 rings (SSSR count). The molecule has 2 amide bonds. The molecule has 1 atom stereocenters. The van der Waals surface area contributed by atoms with Gasteiger partial charge in [-0.05, 0) is 23.6 Å². The second-order valence-electron chi connectivity index (χ2n) is 9.58. The number of benzene rings is 2. The van der Waals surface area contributed by atoms with Crippen molar-refractivity contribution in [3.63, 3.8) is 0 Å². The van der Waals surface area contributed by atoms with Crippen LogP contribution >= 0.6 is 0 Å². The van der Waals surface area contributed by atoms with E-state index in [0.29, 0.717) is 41.2 Å². The highest BCUT2D eigenvalue weighted by Gasteiger charge is 2.36. The van der Waals surface area contributed by atoms with Crippen LogP contribution in [0.2, 0.25) is 0 Å². The minimum Gasteiger partial charge on any atom is -0.497 e. The summed E-state index contributed by atoms with van der Waals surface area (Å²) >= 11 is 0. The van der Waals surface area contributed by atoms with E-state index < -0.39 is 11.9 Å². The van der Waals surface area contributed by atoms with E-state index in [9.17, 15) is 14.0 Å². The first-order valence-corrected chi connectivity index (χ1v) is 11.1. The molecule has 1 heterocycles. The molecule has 0 unspecified atom stereocenters. The zero-order chi connectivity index (χ0) is 25.0. The minimum atomic E-state index is -0.637. The maximum Gasteiger partial charge on any atom is 0.262 e. The molecule has 1 aliphatic rings. The van der Waals surface area contributed by atoms with Crippen LogP contribution in [0.1, 0.15) is 50.8 Å². The van der Waals surface area contributed by atoms with Crippen LogP contribution in [0, 0.1) is 11.2 Å². The quantitative estimate of drug-likeness (QED) is 0.602. The predicted molar refractivity (Wildman–Crippen MR) is 128 cm³/mol. The third-order valence-corrected chi connectivity index (χ3v) is 5.63. The topological polar surface area (TPSA) is 71.4 Å². The maximum atomic E-state index is 14.7. The number of halogens is 1. The van der Waals surface area contributed by atoms with Crippen molar-refractivity contribution in [1.82, 2.24) is 9.91 Å². The lowest BCUT2D eigenvalue weighted by atomic mass is 9.92. The van der Waals surface area contributed by atoms with Crippen molar-refractivity contribution in [2.45, 2.75) is 39.7 Å². The van der Waals surface area contributed by atoms with Gasteiger partial charge in [-0.1, -0.05) is 39.0 Å². The van der Waals surface area contributed by atoms with Crippen molar-refractivity contribution in [2.24, 2.45) is 10.5 Å². The molecule has 0 saturated carbocycles. The van der Waals surface area contributed by atoms with Gasteiger partial charge in [0.05, 0.1) is 26.0 Å². The zero-order valence-electron chi connectivity index (χ0n) is 20.6. The molecular weight excluding hydrogens is 437 g/mol. The Balaban J connectivity index is 1.94. The number of hydrazone groups is 1. The van der Waals surface area contributed by atoms with Crippen molar-refractivity contribution in [3.05, 3.63) is 59.4 Å². The average molecular weight is 470 g/mol. The summed E-state index contributed by atoms with van der Waals surface area (Å²) in [4.78, 5) is 27.3. The number of hydrogen-bond acceptors (Lipinski definition) is 5. The molecule has 182 valence electrons. The van der Waals surface area contributed by atoms with Crippen LogP contribution in [-0.2, 0) is 9.59 Å². The Morgan fingerprint density at radius 1 is 1.15 bits per heavy atom. The molecule has 34 heavy (non-hydrogen) atoms. The summed E-state index contributed by atoms with van der Waals surface area (Å²) in [5.74, 6) is 0.221. The van der Waals surface area contributed by atoms with Crippen LogP contribution in [0.3, 0.4) is 0 Å². The molecule has 1 aliphatic heterocycles. The summed E-state index contributed by atoms with van der Waals surface area (Å²) in [6, 6.07) is 11.0. The Morgan fingerprint density at radius 2 is 1.85 bits per heavy atom. The van der Waals surface area contributed by atoms with E-state index >= 15 is 0 Å². The first kappa shape index (κ1) is 25.2. The minimum absolute atomic E-state index is 0.136. The number of nitrogens with zero attached hydrogens (tertiary/aromatic N) is 3. The molecule has 0 N–H and O–H groups in total. The molecule has 0 spiro atoms. The zero-order valence-corrected chi connectivity index (χ0v) is 20.6. The smallest absolute Gasteiger partial charge is 0.262 e. The summed E-state index contributed by atoms with van der Waals surface area (Å²) in [5.41, 5.74) is 1.45. The molecule has 0 aliphatic carbocycles. The fourth-order valence-corrected chi connectivity index (χ4v) is 3.88. The second kappa shape index (κ2) is 10.2. The van der Waals surface area contributed by atoms with Crippen LogP contribution in [0.4, 0.5) is 4.39 Å². The van der Waals surface area contributed by atoms with Crippen LogP contribution in [-0.4, -0.2) is 55.2 Å². The van der Waals surface area contributed by atoms with Gasteiger partial charge in [0.2, 0.25) is 5.91 Å². The number of methoxy groups -OCH3 is 2. The second-order valence-corrected chi connectivity index (χ2v) is 9.58. The van der Waals surface area contributed by atoms with Gasteiger partial charge in [0.1, 0.15) is 23.9 Å². The van der Waals surface area contributed by atoms with Gasteiger partial charge in [-0.25, -0.2) is 9.40 Å². The Kier molecular flexibility index (Phi) is 7.59. The third-order valence-electron chi connectivity index (χ3n) is 5.63. The monoisotopic (exact) mass is 469 g/mol. The first-order chi connectivity index (χ1) is 16.0. The highest BCUT2D eigenvalue weighted by atomic mass is 19.1. The number of carbonyl (C=O) groups excluding carboxylic acids is 2. The standard InChI is InChI=1S/C26H32FN3O4/c1-26(2,3)15-24(31)29(4)16-25(32)30-22(18-9-7-8-10-20(18)27)14-21(28-30)19-12-11-17(33-5)13-23(19)34-6/h7-13,22H,14-16H2,1-6H3/t22-/m0/s1. The molecule has 0 fully saturated rings. The molecule has 2 aromatic carbocycles. The number of amides is 2. The molecule has 0 bridgehead atoms. The number of ether oxygens (including phenoxy) is 2. The summed E-state index contributed by atoms with van der Waals surface area (Å²) in [6.45, 7) is 5.74. The Hall–Kier alpha value is -3.42. The molecule has 8 heteroatoms. The highest BCUT2D eigenvalue weighted by Crippen LogP contribution is 2.37. The summed E-state index contributed by atoms with van der Waals surface area (Å²) in [5, 5.41) is 5.87. The Morgan fingerprint density at radius 3 is 2.47 bits per heavy atom. The van der Waals surface area contributed by atoms with Crippen molar-refractivity contribution in [1.29, 1.82) is 0 Å². The summed E-state index contributed by atoms with van der Waals surface area (Å²) < 4.78 is 25.5. The van der Waals surface area contributed by atoms with Crippen molar-refractivity contribution in [2.75, 3.05) is 27.8 Å². The largest absolute Gasteiger partial charge is 0.497 e. The fourth-order valence-electron chi connectivity index (χ4n) is 3.88. The summed E-state index contributed by atoms with van der Waals surface area (Å²) in [6.07, 6.45) is 0.611. The third kappa shape index (κ3) is 5.73. The molecular formula is C26H32FN3O4.